The summed E-state index contributed by atoms with van der Waals surface area (Å²) in [5, 5.41) is 2.55. The highest BCUT2D eigenvalue weighted by molar-refractivity contribution is 5.93. The fraction of sp³-hybridized carbons (Fsp3) is 0. The van der Waals surface area contributed by atoms with Crippen molar-refractivity contribution in [2.24, 2.45) is 5.11 Å². The minimum Gasteiger partial charge on any atom is -0.278 e. The third kappa shape index (κ3) is 2.34. The fourth-order valence-corrected chi connectivity index (χ4v) is 0.0695. The Balaban J connectivity index is 3.91. The number of rotatable bonds is 0. The van der Waals surface area contributed by atoms with Crippen molar-refractivity contribution in [2.45, 2.75) is 0 Å². The molecule has 0 atom stereocenters. The van der Waals surface area contributed by atoms with E-state index in [0.29, 0.717) is 0 Å². The Hall–Kier alpha value is -1.46. The summed E-state index contributed by atoms with van der Waals surface area (Å²) in [7, 11) is 0. The number of hydrogen-bond donors (Lipinski definition) is 0. The molecule has 0 heterocycles. The number of hydrogen-bond acceptors (Lipinski definition) is 1. The lowest BCUT2D eigenvalue weighted by atomic mass is 10.7. The molecule has 0 bridgehead atoms. The molecule has 4 heteroatoms. The van der Waals surface area contributed by atoms with Crippen molar-refractivity contribution in [3.05, 3.63) is 10.4 Å². The summed E-state index contributed by atoms with van der Waals surface area (Å²) in [6, 6.07) is 0. The van der Waals surface area contributed by atoms with Crippen LogP contribution in [0, 0.1) is 12.3 Å². The van der Waals surface area contributed by atoms with E-state index in [0.717, 1.165) is 0 Å². The molecule has 0 N–H and O–H groups in total. The third-order valence-electron chi connectivity index (χ3n) is 0.259. The molecule has 0 aromatic carbocycles. The second kappa shape index (κ2) is 2.76. The van der Waals surface area contributed by atoms with E-state index in [2.05, 4.69) is 16.4 Å². The van der Waals surface area contributed by atoms with Crippen molar-refractivity contribution in [1.29, 1.82) is 0 Å². The van der Waals surface area contributed by atoms with Crippen LogP contribution in [0.1, 0.15) is 0 Å². The molecule has 0 unspecified atom stereocenters. The molecule has 0 fully saturated rings. The van der Waals surface area contributed by atoms with Crippen LogP contribution in [-0.4, -0.2) is 5.91 Å². The van der Waals surface area contributed by atoms with Gasteiger partial charge in [-0.25, -0.2) is 0 Å². The van der Waals surface area contributed by atoms with Crippen LogP contribution in [0.5, 0.6) is 0 Å². The van der Waals surface area contributed by atoms with E-state index in [4.69, 9.17) is 5.53 Å². The minimum atomic E-state index is -0.887. The van der Waals surface area contributed by atoms with Gasteiger partial charge in [-0.1, -0.05) is 0 Å². The standard InChI is InChI=1S/C3HN3O/c1-2-3(7)5-6-4/h1H. The largest absolute Gasteiger partial charge is 0.291 e. The van der Waals surface area contributed by atoms with Crippen LogP contribution in [0.4, 0.5) is 0 Å². The molecule has 0 aliphatic rings. The van der Waals surface area contributed by atoms with E-state index < -0.39 is 5.91 Å². The highest BCUT2D eigenvalue weighted by Gasteiger charge is 1.81. The molecular weight excluding hydrogens is 94.1 g/mol. The van der Waals surface area contributed by atoms with Gasteiger partial charge in [-0.05, 0) is 16.6 Å². The molecule has 0 aliphatic carbocycles. The molecule has 0 radical (unpaired) electrons. The van der Waals surface area contributed by atoms with Gasteiger partial charge in [0.05, 0.1) is 0 Å². The lowest BCUT2D eigenvalue weighted by Gasteiger charge is -1.62. The molecule has 4 nitrogen and oxygen atoms in total. The zero-order valence-electron chi connectivity index (χ0n) is 3.33. The van der Waals surface area contributed by atoms with Gasteiger partial charge in [0.1, 0.15) is 0 Å². The van der Waals surface area contributed by atoms with Crippen LogP contribution in [0.2, 0.25) is 0 Å². The summed E-state index contributed by atoms with van der Waals surface area (Å²) in [6.45, 7) is 0. The molecule has 0 spiro atoms. The smallest absolute Gasteiger partial charge is 0.278 e. The first-order chi connectivity index (χ1) is 3.31. The Labute approximate surface area is 39.8 Å². The Bertz CT molecular complexity index is 160. The van der Waals surface area contributed by atoms with Crippen LogP contribution >= 0.6 is 0 Å². The summed E-state index contributed by atoms with van der Waals surface area (Å²) in [5.41, 5.74) is 7.51. The van der Waals surface area contributed by atoms with Gasteiger partial charge < -0.3 is 0 Å². The first-order valence-corrected chi connectivity index (χ1v) is 1.37. The number of nitrogens with zero attached hydrogens (tertiary/aromatic N) is 3. The van der Waals surface area contributed by atoms with Gasteiger partial charge in [-0.2, -0.15) is 0 Å². The predicted octanol–water partition coefficient (Wildman–Crippen LogP) is 0.457. The van der Waals surface area contributed by atoms with Crippen molar-refractivity contribution in [3.8, 4) is 12.3 Å². The van der Waals surface area contributed by atoms with Crippen LogP contribution in [0.25, 0.3) is 10.4 Å². The van der Waals surface area contributed by atoms with E-state index in [1.165, 1.54) is 0 Å². The summed E-state index contributed by atoms with van der Waals surface area (Å²) < 4.78 is 0. The monoisotopic (exact) mass is 95.0 g/mol. The Morgan fingerprint density at radius 1 is 2.00 bits per heavy atom. The quantitative estimate of drug-likeness (QED) is 0.186. The second-order valence-corrected chi connectivity index (χ2v) is 0.639. The average molecular weight is 95.1 g/mol. The molecule has 1 amide bonds. The van der Waals surface area contributed by atoms with Crippen LogP contribution in [0.15, 0.2) is 5.11 Å². The number of terminal acetylenes is 1. The summed E-state index contributed by atoms with van der Waals surface area (Å²) in [6.07, 6.45) is 4.49. The molecule has 0 rings (SSSR count). The van der Waals surface area contributed by atoms with Crippen LogP contribution < -0.4 is 0 Å². The first-order valence-electron chi connectivity index (χ1n) is 1.37. The first kappa shape index (κ1) is 5.54. The number of azide groups is 1. The van der Waals surface area contributed by atoms with Crippen molar-refractivity contribution in [3.63, 3.8) is 0 Å². The van der Waals surface area contributed by atoms with Crippen molar-refractivity contribution in [1.82, 2.24) is 0 Å². The highest BCUT2D eigenvalue weighted by atomic mass is 16.1. The van der Waals surface area contributed by atoms with Gasteiger partial charge >= 0.3 is 0 Å². The van der Waals surface area contributed by atoms with Gasteiger partial charge in [0.15, 0.2) is 0 Å². The van der Waals surface area contributed by atoms with E-state index in [9.17, 15) is 4.79 Å². The average Bonchev–Trinajstić information content (AvgIpc) is 1.68. The molecule has 7 heavy (non-hydrogen) atoms. The molecule has 0 saturated heterocycles. The zero-order valence-corrected chi connectivity index (χ0v) is 3.33. The second-order valence-electron chi connectivity index (χ2n) is 0.639. The van der Waals surface area contributed by atoms with Crippen LogP contribution in [-0.2, 0) is 4.79 Å². The molecule has 0 aromatic heterocycles. The lowest BCUT2D eigenvalue weighted by molar-refractivity contribution is -0.112. The summed E-state index contributed by atoms with van der Waals surface area (Å²) in [5.74, 6) is 0.720. The summed E-state index contributed by atoms with van der Waals surface area (Å²) >= 11 is 0. The minimum absolute atomic E-state index is 0.887. The van der Waals surface area contributed by atoms with E-state index >= 15 is 0 Å². The SMILES string of the molecule is C#CC(=O)N=[N+]=[N-]. The van der Waals surface area contributed by atoms with Gasteiger partial charge in [-0.15, -0.1) is 6.42 Å². The zero-order chi connectivity index (χ0) is 5.70. The normalized spacial score (nSPS) is 5.57. The van der Waals surface area contributed by atoms with E-state index in [1.54, 1.807) is 5.92 Å². The lowest BCUT2D eigenvalue weighted by Crippen LogP contribution is -1.79. The van der Waals surface area contributed by atoms with Gasteiger partial charge in [0, 0.05) is 4.91 Å². The molecule has 0 aromatic rings. The van der Waals surface area contributed by atoms with Gasteiger partial charge in [-0.3, -0.25) is 4.79 Å². The number of amides is 1. The Morgan fingerprint density at radius 3 is 2.71 bits per heavy atom. The Morgan fingerprint density at radius 2 is 2.57 bits per heavy atom. The number of carbonyl (C=O) groups is 1. The Kier molecular flexibility index (Phi) is 2.18. The van der Waals surface area contributed by atoms with Crippen molar-refractivity contribution < 1.29 is 4.79 Å². The van der Waals surface area contributed by atoms with Crippen molar-refractivity contribution in [2.75, 3.05) is 0 Å². The van der Waals surface area contributed by atoms with Gasteiger partial charge in [0.25, 0.3) is 5.91 Å². The molecule has 34 valence electrons. The topological polar surface area (TPSA) is 65.8 Å². The molecular formula is C3HN3O. The van der Waals surface area contributed by atoms with Crippen molar-refractivity contribution >= 4 is 5.91 Å². The highest BCUT2D eigenvalue weighted by Crippen LogP contribution is 1.68. The van der Waals surface area contributed by atoms with E-state index in [1.807, 2.05) is 0 Å². The fourth-order valence-electron chi connectivity index (χ4n) is 0.0695. The van der Waals surface area contributed by atoms with Crippen LogP contribution in [0.3, 0.4) is 0 Å². The van der Waals surface area contributed by atoms with Gasteiger partial charge in [0.2, 0.25) is 0 Å². The van der Waals surface area contributed by atoms with E-state index in [-0.39, 0.29) is 0 Å². The maximum atomic E-state index is 9.76. The number of carbonyl (C=O) groups excluding carboxylic acids is 1. The summed E-state index contributed by atoms with van der Waals surface area (Å²) in [4.78, 5) is 11.9. The maximum absolute atomic E-state index is 9.76. The molecule has 0 saturated carbocycles. The predicted molar refractivity (Wildman–Crippen MR) is 23.0 cm³/mol. The molecule has 0 aliphatic heterocycles. The third-order valence-corrected chi connectivity index (χ3v) is 0.259. The maximum Gasteiger partial charge on any atom is 0.291 e.